The summed E-state index contributed by atoms with van der Waals surface area (Å²) in [6, 6.07) is 9.13. The normalized spacial score (nSPS) is 30.6. The minimum atomic E-state index is 0.244. The number of nitrogens with one attached hydrogen (secondary N) is 2. The quantitative estimate of drug-likeness (QED) is 0.788. The third-order valence-corrected chi connectivity index (χ3v) is 6.06. The highest BCUT2D eigenvalue weighted by molar-refractivity contribution is 5.83. The first-order valence-electron chi connectivity index (χ1n) is 8.55. The van der Waals surface area contributed by atoms with Crippen molar-refractivity contribution in [2.24, 2.45) is 11.8 Å². The van der Waals surface area contributed by atoms with Gasteiger partial charge in [-0.3, -0.25) is 0 Å². The summed E-state index contributed by atoms with van der Waals surface area (Å²) in [6.45, 7) is 9.13. The van der Waals surface area contributed by atoms with Gasteiger partial charge in [0.15, 0.2) is 0 Å². The maximum absolute atomic E-state index is 4.38. The second kappa shape index (κ2) is 4.99. The molecule has 1 aliphatic heterocycles. The van der Waals surface area contributed by atoms with E-state index in [0.29, 0.717) is 12.0 Å². The van der Waals surface area contributed by atoms with Gasteiger partial charge >= 0.3 is 0 Å². The Morgan fingerprint density at radius 3 is 2.95 bits per heavy atom. The summed E-state index contributed by atoms with van der Waals surface area (Å²) < 4.78 is 0. The Bertz CT molecular complexity index is 709. The fraction of sp³-hybridized carbons (Fsp3) is 0.500. The van der Waals surface area contributed by atoms with E-state index in [9.17, 15) is 0 Å². The smallest absolute Gasteiger partial charge is 0.0456 e. The number of hydrogen-bond donors (Lipinski definition) is 2. The zero-order chi connectivity index (χ0) is 15.3. The van der Waals surface area contributed by atoms with Gasteiger partial charge in [-0.1, -0.05) is 30.4 Å². The number of piperidine rings is 1. The highest BCUT2D eigenvalue weighted by Gasteiger charge is 2.44. The molecule has 1 saturated carbocycles. The summed E-state index contributed by atoms with van der Waals surface area (Å²) in [6.07, 6.45) is 7.10. The first kappa shape index (κ1) is 14.1. The molecule has 1 saturated heterocycles. The molecule has 2 aromatic rings. The van der Waals surface area contributed by atoms with Crippen molar-refractivity contribution in [3.05, 3.63) is 48.2 Å². The topological polar surface area (TPSA) is 27.8 Å². The first-order valence-corrected chi connectivity index (χ1v) is 8.55. The minimum Gasteiger partial charge on any atom is -0.361 e. The van der Waals surface area contributed by atoms with Crippen molar-refractivity contribution >= 4 is 10.9 Å². The average molecular weight is 294 g/mol. The highest BCUT2D eigenvalue weighted by atomic mass is 15.0. The van der Waals surface area contributed by atoms with Crippen LogP contribution in [0.3, 0.4) is 0 Å². The molecule has 2 fully saturated rings. The zero-order valence-corrected chi connectivity index (χ0v) is 13.7. The Kier molecular flexibility index (Phi) is 3.19. The number of benzene rings is 1. The van der Waals surface area contributed by atoms with E-state index in [1.165, 1.54) is 41.3 Å². The number of H-pyrrole nitrogens is 1. The van der Waals surface area contributed by atoms with Gasteiger partial charge in [0, 0.05) is 28.7 Å². The Balaban J connectivity index is 1.65. The third-order valence-electron chi connectivity index (χ3n) is 6.06. The van der Waals surface area contributed by atoms with Gasteiger partial charge in [-0.25, -0.2) is 0 Å². The standard InChI is InChI=1S/C20H26N2/c1-13-8-9-15-11-17(13)19(22-20(15,2)3)10-14-12-21-18-7-5-4-6-16(14)18/h4-7,12,15,17,19,21-22H,1,8-11H2,2-3H3. The number of fused-ring (bicyclic) bond motifs is 3. The van der Waals surface area contributed by atoms with Crippen LogP contribution in [0.2, 0.25) is 0 Å². The summed E-state index contributed by atoms with van der Waals surface area (Å²) in [4.78, 5) is 3.42. The molecule has 1 aromatic heterocycles. The molecule has 2 aliphatic rings. The first-order chi connectivity index (χ1) is 10.5. The fourth-order valence-corrected chi connectivity index (χ4v) is 4.67. The lowest BCUT2D eigenvalue weighted by Crippen LogP contribution is -2.60. The lowest BCUT2D eigenvalue weighted by molar-refractivity contribution is 0.0895. The van der Waals surface area contributed by atoms with Gasteiger partial charge in [-0.15, -0.1) is 0 Å². The molecular formula is C20H26N2. The fourth-order valence-electron chi connectivity index (χ4n) is 4.67. The maximum atomic E-state index is 4.38. The van der Waals surface area contributed by atoms with Gasteiger partial charge < -0.3 is 10.3 Å². The Hall–Kier alpha value is -1.54. The van der Waals surface area contributed by atoms with Gasteiger partial charge in [0.05, 0.1) is 0 Å². The molecule has 2 N–H and O–H groups in total. The van der Waals surface area contributed by atoms with Crippen molar-refractivity contribution in [1.29, 1.82) is 0 Å². The molecule has 3 atom stereocenters. The van der Waals surface area contributed by atoms with E-state index < -0.39 is 0 Å². The highest BCUT2D eigenvalue weighted by Crippen LogP contribution is 2.44. The van der Waals surface area contributed by atoms with Crippen molar-refractivity contribution in [2.45, 2.75) is 51.1 Å². The van der Waals surface area contributed by atoms with Crippen LogP contribution in [0.5, 0.6) is 0 Å². The molecule has 1 aromatic carbocycles. The number of para-hydroxylation sites is 1. The zero-order valence-electron chi connectivity index (χ0n) is 13.7. The lowest BCUT2D eigenvalue weighted by atomic mass is 9.64. The van der Waals surface area contributed by atoms with E-state index in [-0.39, 0.29) is 5.54 Å². The second-order valence-electron chi connectivity index (χ2n) is 7.77. The van der Waals surface area contributed by atoms with Gasteiger partial charge in [0.25, 0.3) is 0 Å². The number of aromatic nitrogens is 1. The van der Waals surface area contributed by atoms with Gasteiger partial charge in [0.2, 0.25) is 0 Å². The van der Waals surface area contributed by atoms with Crippen molar-refractivity contribution in [2.75, 3.05) is 0 Å². The van der Waals surface area contributed by atoms with Crippen LogP contribution in [0.15, 0.2) is 42.6 Å². The summed E-state index contributed by atoms with van der Waals surface area (Å²) in [5, 5.41) is 5.32. The second-order valence-corrected chi connectivity index (χ2v) is 7.77. The molecule has 2 heteroatoms. The summed E-state index contributed by atoms with van der Waals surface area (Å²) in [5.74, 6) is 1.43. The molecule has 4 rings (SSSR count). The molecule has 116 valence electrons. The van der Waals surface area contributed by atoms with E-state index in [1.807, 2.05) is 0 Å². The van der Waals surface area contributed by atoms with E-state index in [0.717, 1.165) is 12.3 Å². The van der Waals surface area contributed by atoms with Gasteiger partial charge in [0.1, 0.15) is 0 Å². The molecule has 22 heavy (non-hydrogen) atoms. The number of rotatable bonds is 2. The van der Waals surface area contributed by atoms with Gasteiger partial charge in [-0.05, 0) is 63.0 Å². The predicted molar refractivity (Wildman–Crippen MR) is 93.0 cm³/mol. The van der Waals surface area contributed by atoms with Crippen LogP contribution < -0.4 is 5.32 Å². The lowest BCUT2D eigenvalue weighted by Gasteiger charge is -2.52. The van der Waals surface area contributed by atoms with Crippen LogP contribution in [-0.2, 0) is 6.42 Å². The molecule has 3 unspecified atom stereocenters. The van der Waals surface area contributed by atoms with Crippen LogP contribution in [-0.4, -0.2) is 16.6 Å². The molecule has 2 bridgehead atoms. The molecule has 2 heterocycles. The van der Waals surface area contributed by atoms with Crippen molar-refractivity contribution in [3.63, 3.8) is 0 Å². The number of hydrogen-bond acceptors (Lipinski definition) is 1. The van der Waals surface area contributed by atoms with Crippen molar-refractivity contribution in [1.82, 2.24) is 10.3 Å². The van der Waals surface area contributed by atoms with Crippen LogP contribution >= 0.6 is 0 Å². The average Bonchev–Trinajstić information content (AvgIpc) is 2.89. The van der Waals surface area contributed by atoms with Crippen LogP contribution in [0.25, 0.3) is 10.9 Å². The van der Waals surface area contributed by atoms with Crippen LogP contribution in [0.1, 0.15) is 38.7 Å². The molecule has 0 amide bonds. The monoisotopic (exact) mass is 294 g/mol. The SMILES string of the molecule is C=C1CCC2CC1C(Cc1c[nH]c3ccccc13)NC2(C)C. The molecule has 1 aliphatic carbocycles. The molecular weight excluding hydrogens is 268 g/mol. The molecule has 0 radical (unpaired) electrons. The van der Waals surface area contributed by atoms with Crippen LogP contribution in [0, 0.1) is 11.8 Å². The Morgan fingerprint density at radius 2 is 2.09 bits per heavy atom. The van der Waals surface area contributed by atoms with E-state index in [4.69, 9.17) is 0 Å². The van der Waals surface area contributed by atoms with Crippen molar-refractivity contribution < 1.29 is 0 Å². The maximum Gasteiger partial charge on any atom is 0.0456 e. The van der Waals surface area contributed by atoms with E-state index in [1.54, 1.807) is 0 Å². The van der Waals surface area contributed by atoms with Crippen LogP contribution in [0.4, 0.5) is 0 Å². The van der Waals surface area contributed by atoms with E-state index in [2.05, 4.69) is 61.2 Å². The van der Waals surface area contributed by atoms with E-state index >= 15 is 0 Å². The molecule has 0 spiro atoms. The summed E-state index contributed by atoms with van der Waals surface area (Å²) >= 11 is 0. The Labute approximate surface area is 133 Å². The Morgan fingerprint density at radius 1 is 1.27 bits per heavy atom. The summed E-state index contributed by atoms with van der Waals surface area (Å²) in [7, 11) is 0. The third kappa shape index (κ3) is 2.21. The largest absolute Gasteiger partial charge is 0.361 e. The van der Waals surface area contributed by atoms with Crippen molar-refractivity contribution in [3.8, 4) is 0 Å². The predicted octanol–water partition coefficient (Wildman–Crippen LogP) is 4.43. The minimum absolute atomic E-state index is 0.244. The number of aromatic amines is 1. The molecule has 2 nitrogen and oxygen atoms in total. The van der Waals surface area contributed by atoms with Gasteiger partial charge in [-0.2, -0.15) is 0 Å². The summed E-state index contributed by atoms with van der Waals surface area (Å²) in [5.41, 5.74) is 4.38.